The second kappa shape index (κ2) is 4.21. The van der Waals surface area contributed by atoms with Crippen LogP contribution in [0.1, 0.15) is 61.8 Å². The molecule has 3 heteroatoms. The van der Waals surface area contributed by atoms with Crippen molar-refractivity contribution in [1.82, 2.24) is 4.98 Å². The van der Waals surface area contributed by atoms with Crippen LogP contribution in [0.2, 0.25) is 0 Å². The Bertz CT molecular complexity index is 366. The predicted molar refractivity (Wildman–Crippen MR) is 60.4 cm³/mol. The Morgan fingerprint density at radius 3 is 2.75 bits per heavy atom. The van der Waals surface area contributed by atoms with Gasteiger partial charge in [-0.3, -0.25) is 0 Å². The predicted octanol–water partition coefficient (Wildman–Crippen LogP) is 2.57. The molecular formula is C13H19NO2. The average molecular weight is 221 g/mol. The number of aromatic nitrogens is 1. The molecule has 0 bridgehead atoms. The summed E-state index contributed by atoms with van der Waals surface area (Å²) in [4.78, 5) is 4.60. The van der Waals surface area contributed by atoms with E-state index in [-0.39, 0.29) is 6.10 Å². The largest absolute Gasteiger partial charge is 0.445 e. The zero-order valence-corrected chi connectivity index (χ0v) is 9.61. The van der Waals surface area contributed by atoms with E-state index >= 15 is 0 Å². The third kappa shape index (κ3) is 1.88. The lowest BCUT2D eigenvalue weighted by atomic mass is 9.89. The van der Waals surface area contributed by atoms with E-state index < -0.39 is 0 Å². The summed E-state index contributed by atoms with van der Waals surface area (Å²) < 4.78 is 5.87. The van der Waals surface area contributed by atoms with Crippen LogP contribution in [0.4, 0.5) is 0 Å². The molecule has 1 heterocycles. The Morgan fingerprint density at radius 1 is 1.12 bits per heavy atom. The smallest absolute Gasteiger partial charge is 0.197 e. The Morgan fingerprint density at radius 2 is 1.94 bits per heavy atom. The first kappa shape index (κ1) is 10.3. The van der Waals surface area contributed by atoms with Gasteiger partial charge in [0.15, 0.2) is 5.89 Å². The summed E-state index contributed by atoms with van der Waals surface area (Å²) in [6.45, 7) is 0. The number of fused-ring (bicyclic) bond motifs is 1. The van der Waals surface area contributed by atoms with Crippen molar-refractivity contribution in [3.63, 3.8) is 0 Å². The molecule has 1 saturated carbocycles. The summed E-state index contributed by atoms with van der Waals surface area (Å²) in [5.74, 6) is 2.51. The Balaban J connectivity index is 1.80. The lowest BCUT2D eigenvalue weighted by molar-refractivity contribution is 0.153. The number of aliphatic hydroxyl groups excluding tert-OH is 1. The van der Waals surface area contributed by atoms with Crippen LogP contribution in [-0.4, -0.2) is 16.2 Å². The highest BCUT2D eigenvalue weighted by Crippen LogP contribution is 2.34. The zero-order valence-electron chi connectivity index (χ0n) is 9.61. The highest BCUT2D eigenvalue weighted by Gasteiger charge is 2.26. The van der Waals surface area contributed by atoms with Gasteiger partial charge in [-0.2, -0.15) is 0 Å². The highest BCUT2D eigenvalue weighted by atomic mass is 16.4. The zero-order chi connectivity index (χ0) is 11.0. The molecule has 2 aliphatic carbocycles. The topological polar surface area (TPSA) is 46.3 Å². The second-order valence-corrected chi connectivity index (χ2v) is 5.15. The van der Waals surface area contributed by atoms with E-state index in [1.807, 2.05) is 0 Å². The van der Waals surface area contributed by atoms with Gasteiger partial charge in [0.05, 0.1) is 11.8 Å². The number of nitrogens with zero attached hydrogens (tertiary/aromatic N) is 1. The van der Waals surface area contributed by atoms with E-state index in [1.165, 1.54) is 32.1 Å². The Hall–Kier alpha value is -0.830. The molecule has 3 rings (SSSR count). The maximum Gasteiger partial charge on any atom is 0.197 e. The van der Waals surface area contributed by atoms with Gasteiger partial charge >= 0.3 is 0 Å². The Kier molecular flexibility index (Phi) is 2.72. The van der Waals surface area contributed by atoms with Crippen LogP contribution in [0.3, 0.4) is 0 Å². The van der Waals surface area contributed by atoms with E-state index in [1.54, 1.807) is 0 Å². The third-order valence-corrected chi connectivity index (χ3v) is 3.88. The summed E-state index contributed by atoms with van der Waals surface area (Å²) in [6, 6.07) is 0. The van der Waals surface area contributed by atoms with Gasteiger partial charge in [0, 0.05) is 18.8 Å². The van der Waals surface area contributed by atoms with Gasteiger partial charge in [-0.15, -0.1) is 0 Å². The van der Waals surface area contributed by atoms with Crippen LogP contribution in [0, 0.1) is 0 Å². The molecule has 16 heavy (non-hydrogen) atoms. The maximum atomic E-state index is 9.59. The molecule has 88 valence electrons. The molecule has 1 unspecified atom stereocenters. The van der Waals surface area contributed by atoms with Gasteiger partial charge < -0.3 is 9.52 Å². The summed E-state index contributed by atoms with van der Waals surface area (Å²) >= 11 is 0. The van der Waals surface area contributed by atoms with Gasteiger partial charge in [-0.05, 0) is 19.3 Å². The monoisotopic (exact) mass is 221 g/mol. The fraction of sp³-hybridized carbons (Fsp3) is 0.769. The SMILES string of the molecule is OC1CCc2oc(C3CCCCC3)nc2C1. The first-order chi connectivity index (χ1) is 7.83. The molecule has 0 aromatic carbocycles. The van der Waals surface area contributed by atoms with Crippen LogP contribution >= 0.6 is 0 Å². The standard InChI is InChI=1S/C13H19NO2/c15-10-6-7-12-11(8-10)14-13(16-12)9-4-2-1-3-5-9/h9-10,15H,1-8H2. The van der Waals surface area contributed by atoms with E-state index in [0.717, 1.165) is 30.2 Å². The van der Waals surface area contributed by atoms with Gasteiger partial charge in [0.1, 0.15) is 5.76 Å². The number of hydrogen-bond donors (Lipinski definition) is 1. The number of rotatable bonds is 1. The fourth-order valence-corrected chi connectivity index (χ4v) is 2.91. The minimum atomic E-state index is -0.211. The number of oxazole rings is 1. The molecule has 0 saturated heterocycles. The van der Waals surface area contributed by atoms with Gasteiger partial charge in [0.2, 0.25) is 0 Å². The number of hydrogen-bond acceptors (Lipinski definition) is 3. The highest BCUT2D eigenvalue weighted by molar-refractivity contribution is 5.16. The summed E-state index contributed by atoms with van der Waals surface area (Å²) in [6.07, 6.45) is 8.57. The molecule has 0 aliphatic heterocycles. The maximum absolute atomic E-state index is 9.59. The molecule has 1 N–H and O–H groups in total. The molecule has 1 atom stereocenters. The third-order valence-electron chi connectivity index (χ3n) is 3.88. The average Bonchev–Trinajstić information content (AvgIpc) is 2.73. The summed E-state index contributed by atoms with van der Waals surface area (Å²) in [5.41, 5.74) is 1.01. The van der Waals surface area contributed by atoms with Crippen molar-refractivity contribution in [3.8, 4) is 0 Å². The normalized spacial score (nSPS) is 26.7. The first-order valence-electron chi connectivity index (χ1n) is 6.49. The molecule has 2 aliphatic rings. The molecule has 0 radical (unpaired) electrons. The van der Waals surface area contributed by atoms with Crippen LogP contribution in [0.15, 0.2) is 4.42 Å². The van der Waals surface area contributed by atoms with Gasteiger partial charge in [-0.25, -0.2) is 4.98 Å². The first-order valence-corrected chi connectivity index (χ1v) is 6.49. The molecule has 1 aromatic rings. The van der Waals surface area contributed by atoms with Crippen molar-refractivity contribution < 1.29 is 9.52 Å². The molecule has 1 fully saturated rings. The van der Waals surface area contributed by atoms with Crippen LogP contribution in [0.25, 0.3) is 0 Å². The van der Waals surface area contributed by atoms with E-state index in [4.69, 9.17) is 4.42 Å². The summed E-state index contributed by atoms with van der Waals surface area (Å²) in [7, 11) is 0. The molecule has 0 spiro atoms. The number of aryl methyl sites for hydroxylation is 1. The van der Waals surface area contributed by atoms with Crippen LogP contribution in [-0.2, 0) is 12.8 Å². The van der Waals surface area contributed by atoms with Crippen molar-refractivity contribution >= 4 is 0 Å². The molecule has 3 nitrogen and oxygen atoms in total. The Labute approximate surface area is 95.9 Å². The number of aliphatic hydroxyl groups is 1. The fourth-order valence-electron chi connectivity index (χ4n) is 2.91. The van der Waals surface area contributed by atoms with E-state index in [0.29, 0.717) is 12.3 Å². The van der Waals surface area contributed by atoms with Crippen LogP contribution in [0.5, 0.6) is 0 Å². The van der Waals surface area contributed by atoms with Gasteiger partial charge in [0.25, 0.3) is 0 Å². The van der Waals surface area contributed by atoms with Crippen molar-refractivity contribution in [2.24, 2.45) is 0 Å². The van der Waals surface area contributed by atoms with Crippen LogP contribution < -0.4 is 0 Å². The van der Waals surface area contributed by atoms with Crippen molar-refractivity contribution in [2.45, 2.75) is 63.4 Å². The molecular weight excluding hydrogens is 202 g/mol. The van der Waals surface area contributed by atoms with E-state index in [9.17, 15) is 5.11 Å². The minimum Gasteiger partial charge on any atom is -0.445 e. The summed E-state index contributed by atoms with van der Waals surface area (Å²) in [5, 5.41) is 9.59. The molecule has 1 aromatic heterocycles. The van der Waals surface area contributed by atoms with Gasteiger partial charge in [-0.1, -0.05) is 19.3 Å². The minimum absolute atomic E-state index is 0.211. The van der Waals surface area contributed by atoms with Crippen molar-refractivity contribution in [3.05, 3.63) is 17.3 Å². The second-order valence-electron chi connectivity index (χ2n) is 5.15. The van der Waals surface area contributed by atoms with Crippen molar-refractivity contribution in [2.75, 3.05) is 0 Å². The van der Waals surface area contributed by atoms with E-state index in [2.05, 4.69) is 4.98 Å². The lowest BCUT2D eigenvalue weighted by Crippen LogP contribution is -2.17. The lowest BCUT2D eigenvalue weighted by Gasteiger charge is -2.17. The quantitative estimate of drug-likeness (QED) is 0.792. The molecule has 0 amide bonds. The van der Waals surface area contributed by atoms with Crippen molar-refractivity contribution in [1.29, 1.82) is 0 Å².